The molecular formula is C9H16O3. The number of aliphatic hydroxyl groups is 1. The van der Waals surface area contributed by atoms with Crippen molar-refractivity contribution in [2.45, 2.75) is 32.8 Å². The van der Waals surface area contributed by atoms with Crippen LogP contribution in [0.1, 0.15) is 26.7 Å². The Bertz CT molecular complexity index is 175. The van der Waals surface area contributed by atoms with Crippen LogP contribution in [0.3, 0.4) is 0 Å². The van der Waals surface area contributed by atoms with E-state index in [9.17, 15) is 9.90 Å². The number of carbonyl (C=O) groups is 1. The molecule has 0 aromatic heterocycles. The van der Waals surface area contributed by atoms with E-state index in [1.807, 2.05) is 6.92 Å². The number of aliphatic hydroxyl groups excluding tert-OH is 1. The van der Waals surface area contributed by atoms with Crippen LogP contribution in [0.15, 0.2) is 12.2 Å². The van der Waals surface area contributed by atoms with Crippen molar-refractivity contribution in [3.63, 3.8) is 0 Å². The minimum atomic E-state index is -0.952. The zero-order valence-electron chi connectivity index (χ0n) is 7.58. The first-order valence-corrected chi connectivity index (χ1v) is 4.07. The highest BCUT2D eigenvalue weighted by Crippen LogP contribution is 2.16. The fourth-order valence-electron chi connectivity index (χ4n) is 1.07. The molecule has 2 N–H and O–H groups in total. The summed E-state index contributed by atoms with van der Waals surface area (Å²) in [5.41, 5.74) is 0.510. The van der Waals surface area contributed by atoms with Crippen LogP contribution in [0.25, 0.3) is 0 Å². The Hall–Kier alpha value is -0.830. The topological polar surface area (TPSA) is 57.5 Å². The van der Waals surface area contributed by atoms with Gasteiger partial charge >= 0.3 is 5.97 Å². The number of carboxylic acids is 1. The van der Waals surface area contributed by atoms with E-state index in [-0.39, 0.29) is 0 Å². The molecule has 0 aliphatic rings. The Kier molecular flexibility index (Phi) is 4.59. The molecule has 0 saturated carbocycles. The molecule has 0 amide bonds. The number of aliphatic carboxylic acids is 1. The highest BCUT2D eigenvalue weighted by molar-refractivity contribution is 5.71. The van der Waals surface area contributed by atoms with Gasteiger partial charge in [0.25, 0.3) is 0 Å². The molecule has 0 rings (SSSR count). The van der Waals surface area contributed by atoms with E-state index in [2.05, 4.69) is 6.58 Å². The smallest absolute Gasteiger partial charge is 0.309 e. The molecule has 0 spiro atoms. The van der Waals surface area contributed by atoms with Gasteiger partial charge in [0.15, 0.2) is 0 Å². The van der Waals surface area contributed by atoms with Gasteiger partial charge in [0, 0.05) is 0 Å². The summed E-state index contributed by atoms with van der Waals surface area (Å²) in [7, 11) is 0. The summed E-state index contributed by atoms with van der Waals surface area (Å²) < 4.78 is 0. The van der Waals surface area contributed by atoms with Crippen LogP contribution in [0, 0.1) is 5.92 Å². The van der Waals surface area contributed by atoms with Gasteiger partial charge in [0.05, 0.1) is 12.0 Å². The fraction of sp³-hybridized carbons (Fsp3) is 0.667. The minimum Gasteiger partial charge on any atom is -0.481 e. The lowest BCUT2D eigenvalue weighted by Crippen LogP contribution is -2.28. The van der Waals surface area contributed by atoms with Gasteiger partial charge in [-0.3, -0.25) is 4.79 Å². The monoisotopic (exact) mass is 172 g/mol. The summed E-state index contributed by atoms with van der Waals surface area (Å²) >= 11 is 0. The highest BCUT2D eigenvalue weighted by atomic mass is 16.4. The first-order valence-electron chi connectivity index (χ1n) is 4.07. The van der Waals surface area contributed by atoms with E-state index in [0.717, 1.165) is 6.42 Å². The SMILES string of the molecule is C=C(C)C(O)C(CCC)C(=O)O. The molecule has 0 radical (unpaired) electrons. The Morgan fingerprint density at radius 1 is 1.58 bits per heavy atom. The van der Waals surface area contributed by atoms with Crippen molar-refractivity contribution in [1.82, 2.24) is 0 Å². The van der Waals surface area contributed by atoms with Gasteiger partial charge in [-0.1, -0.05) is 25.5 Å². The molecule has 0 fully saturated rings. The summed E-state index contributed by atoms with van der Waals surface area (Å²) in [5.74, 6) is -1.65. The van der Waals surface area contributed by atoms with E-state index < -0.39 is 18.0 Å². The molecule has 0 heterocycles. The zero-order chi connectivity index (χ0) is 9.72. The lowest BCUT2D eigenvalue weighted by molar-refractivity contribution is -0.145. The van der Waals surface area contributed by atoms with Crippen molar-refractivity contribution in [2.24, 2.45) is 5.92 Å². The van der Waals surface area contributed by atoms with E-state index in [1.54, 1.807) is 6.92 Å². The summed E-state index contributed by atoms with van der Waals surface area (Å²) in [6.07, 6.45) is 0.326. The molecule has 0 saturated heterocycles. The molecule has 12 heavy (non-hydrogen) atoms. The van der Waals surface area contributed by atoms with Crippen molar-refractivity contribution >= 4 is 5.97 Å². The molecule has 2 atom stereocenters. The first-order chi connectivity index (χ1) is 5.50. The summed E-state index contributed by atoms with van der Waals surface area (Å²) in [5, 5.41) is 18.1. The standard InChI is InChI=1S/C9H16O3/c1-4-5-7(9(11)12)8(10)6(2)3/h7-8,10H,2,4-5H2,1,3H3,(H,11,12). The van der Waals surface area contributed by atoms with Crippen LogP contribution in [0.5, 0.6) is 0 Å². The second-order valence-corrected chi connectivity index (χ2v) is 3.02. The number of hydrogen-bond donors (Lipinski definition) is 2. The second kappa shape index (κ2) is 4.93. The molecule has 3 heteroatoms. The molecule has 0 aliphatic heterocycles. The van der Waals surface area contributed by atoms with Crippen LogP contribution < -0.4 is 0 Å². The molecule has 0 aromatic carbocycles. The maximum absolute atomic E-state index is 10.6. The Morgan fingerprint density at radius 3 is 2.33 bits per heavy atom. The van der Waals surface area contributed by atoms with Crippen molar-refractivity contribution < 1.29 is 15.0 Å². The average Bonchev–Trinajstić information content (AvgIpc) is 1.98. The molecular weight excluding hydrogens is 156 g/mol. The van der Waals surface area contributed by atoms with E-state index in [4.69, 9.17) is 5.11 Å². The largest absolute Gasteiger partial charge is 0.481 e. The maximum Gasteiger partial charge on any atom is 0.309 e. The fourth-order valence-corrected chi connectivity index (χ4v) is 1.07. The van der Waals surface area contributed by atoms with Gasteiger partial charge in [0.1, 0.15) is 0 Å². The van der Waals surface area contributed by atoms with Crippen LogP contribution in [-0.2, 0) is 4.79 Å². The predicted octanol–water partition coefficient (Wildman–Crippen LogP) is 1.42. The highest BCUT2D eigenvalue weighted by Gasteiger charge is 2.25. The third-order valence-corrected chi connectivity index (χ3v) is 1.80. The molecule has 2 unspecified atom stereocenters. The van der Waals surface area contributed by atoms with E-state index in [0.29, 0.717) is 12.0 Å². The Balaban J connectivity index is 4.28. The second-order valence-electron chi connectivity index (χ2n) is 3.02. The first kappa shape index (κ1) is 11.2. The van der Waals surface area contributed by atoms with E-state index in [1.165, 1.54) is 0 Å². The van der Waals surface area contributed by atoms with Gasteiger partial charge in [-0.15, -0.1) is 0 Å². The average molecular weight is 172 g/mol. The van der Waals surface area contributed by atoms with E-state index >= 15 is 0 Å². The van der Waals surface area contributed by atoms with Crippen molar-refractivity contribution in [2.75, 3.05) is 0 Å². The lowest BCUT2D eigenvalue weighted by atomic mass is 9.93. The van der Waals surface area contributed by atoms with Gasteiger partial charge in [-0.25, -0.2) is 0 Å². The van der Waals surface area contributed by atoms with Crippen LogP contribution in [0.4, 0.5) is 0 Å². The van der Waals surface area contributed by atoms with Gasteiger partial charge in [-0.05, 0) is 13.3 Å². The maximum atomic E-state index is 10.6. The van der Waals surface area contributed by atoms with Crippen LogP contribution in [-0.4, -0.2) is 22.3 Å². The molecule has 0 aliphatic carbocycles. The quantitative estimate of drug-likeness (QED) is 0.617. The third kappa shape index (κ3) is 3.05. The summed E-state index contributed by atoms with van der Waals surface area (Å²) in [6, 6.07) is 0. The van der Waals surface area contributed by atoms with Crippen molar-refractivity contribution in [1.29, 1.82) is 0 Å². The number of rotatable bonds is 5. The van der Waals surface area contributed by atoms with Gasteiger partial charge < -0.3 is 10.2 Å². The van der Waals surface area contributed by atoms with Gasteiger partial charge in [0.2, 0.25) is 0 Å². The third-order valence-electron chi connectivity index (χ3n) is 1.80. The summed E-state index contributed by atoms with van der Waals surface area (Å²) in [4.78, 5) is 10.6. The van der Waals surface area contributed by atoms with Crippen molar-refractivity contribution in [3.05, 3.63) is 12.2 Å². The van der Waals surface area contributed by atoms with Crippen molar-refractivity contribution in [3.8, 4) is 0 Å². The Morgan fingerprint density at radius 2 is 2.08 bits per heavy atom. The summed E-state index contributed by atoms with van der Waals surface area (Å²) in [6.45, 7) is 7.05. The lowest BCUT2D eigenvalue weighted by Gasteiger charge is -2.18. The molecule has 3 nitrogen and oxygen atoms in total. The zero-order valence-corrected chi connectivity index (χ0v) is 7.58. The minimum absolute atomic E-state index is 0.489. The molecule has 70 valence electrons. The van der Waals surface area contributed by atoms with Crippen LogP contribution >= 0.6 is 0 Å². The number of carboxylic acid groups (broad SMARTS) is 1. The molecule has 0 aromatic rings. The number of hydrogen-bond acceptors (Lipinski definition) is 2. The van der Waals surface area contributed by atoms with Crippen LogP contribution in [0.2, 0.25) is 0 Å². The molecule has 0 bridgehead atoms. The normalized spacial score (nSPS) is 15.2. The predicted molar refractivity (Wildman–Crippen MR) is 46.9 cm³/mol. The Labute approximate surface area is 72.7 Å². The van der Waals surface area contributed by atoms with Gasteiger partial charge in [-0.2, -0.15) is 0 Å².